The van der Waals surface area contributed by atoms with E-state index in [-0.39, 0.29) is 18.2 Å². The predicted octanol–water partition coefficient (Wildman–Crippen LogP) is 2.47. The Kier molecular flexibility index (Phi) is 5.03. The Hall–Kier alpha value is -2.82. The Morgan fingerprint density at radius 2 is 1.92 bits per heavy atom. The number of hydrogen-bond donors (Lipinski definition) is 1. The lowest BCUT2D eigenvalue weighted by Crippen LogP contribution is -2.42. The molecule has 2 aromatic carbocycles. The molecular formula is C20H22N2O3. The Bertz CT molecular complexity index is 771. The van der Waals surface area contributed by atoms with Gasteiger partial charge >= 0.3 is 0 Å². The van der Waals surface area contributed by atoms with E-state index in [9.17, 15) is 9.59 Å². The van der Waals surface area contributed by atoms with E-state index in [4.69, 9.17) is 4.74 Å². The molecule has 5 nitrogen and oxygen atoms in total. The number of aryl methyl sites for hydroxylation is 1. The van der Waals surface area contributed by atoms with Gasteiger partial charge in [-0.1, -0.05) is 42.0 Å². The number of carbonyl (C=O) groups excluding carboxylic acids is 2. The first-order valence-corrected chi connectivity index (χ1v) is 8.38. The molecule has 5 heteroatoms. The zero-order valence-corrected chi connectivity index (χ0v) is 14.5. The third-order valence-corrected chi connectivity index (χ3v) is 4.40. The second-order valence-corrected chi connectivity index (χ2v) is 6.23. The van der Waals surface area contributed by atoms with Crippen molar-refractivity contribution < 1.29 is 14.3 Å². The van der Waals surface area contributed by atoms with Crippen molar-refractivity contribution in [3.63, 3.8) is 0 Å². The van der Waals surface area contributed by atoms with Crippen LogP contribution < -0.4 is 15.0 Å². The number of anilines is 1. The number of para-hydroxylation sites is 2. The summed E-state index contributed by atoms with van der Waals surface area (Å²) in [5.74, 6) is 0.424. The number of amides is 2. The molecule has 0 spiro atoms. The average molecular weight is 338 g/mol. The molecule has 130 valence electrons. The molecule has 1 aliphatic rings. The predicted molar refractivity (Wildman–Crippen MR) is 96.8 cm³/mol. The van der Waals surface area contributed by atoms with Gasteiger partial charge in [0.25, 0.3) is 0 Å². The van der Waals surface area contributed by atoms with Gasteiger partial charge in [-0.15, -0.1) is 0 Å². The summed E-state index contributed by atoms with van der Waals surface area (Å²) in [4.78, 5) is 26.6. The van der Waals surface area contributed by atoms with Crippen LogP contribution in [0.15, 0.2) is 48.5 Å². The van der Waals surface area contributed by atoms with Crippen molar-refractivity contribution in [1.82, 2.24) is 5.32 Å². The lowest BCUT2D eigenvalue weighted by Gasteiger charge is -2.19. The highest BCUT2D eigenvalue weighted by atomic mass is 16.5. The van der Waals surface area contributed by atoms with Gasteiger partial charge in [-0.25, -0.2) is 0 Å². The van der Waals surface area contributed by atoms with Crippen LogP contribution in [0.5, 0.6) is 5.75 Å². The van der Waals surface area contributed by atoms with E-state index >= 15 is 0 Å². The van der Waals surface area contributed by atoms with Crippen molar-refractivity contribution >= 4 is 17.5 Å². The zero-order valence-electron chi connectivity index (χ0n) is 14.5. The van der Waals surface area contributed by atoms with Gasteiger partial charge < -0.3 is 15.0 Å². The van der Waals surface area contributed by atoms with Crippen LogP contribution in [-0.4, -0.2) is 31.5 Å². The normalized spacial score (nSPS) is 16.8. The van der Waals surface area contributed by atoms with Crippen LogP contribution >= 0.6 is 0 Å². The van der Waals surface area contributed by atoms with E-state index in [1.807, 2.05) is 55.5 Å². The summed E-state index contributed by atoms with van der Waals surface area (Å²) in [5.41, 5.74) is 2.84. The number of methoxy groups -OCH3 is 1. The standard InChI is InChI=1S/C20H22N2O3/c1-14-7-9-15(10-8-14)13-19(23)21-16-11-12-22(20(16)24)17-5-3-4-6-18(17)25-2/h3-10,16H,11-13H2,1-2H3,(H,21,23). The number of ether oxygens (including phenoxy) is 1. The van der Waals surface area contributed by atoms with Crippen molar-refractivity contribution in [3.8, 4) is 5.75 Å². The highest BCUT2D eigenvalue weighted by Crippen LogP contribution is 2.31. The van der Waals surface area contributed by atoms with Crippen LogP contribution in [0.1, 0.15) is 17.5 Å². The quantitative estimate of drug-likeness (QED) is 0.911. The summed E-state index contributed by atoms with van der Waals surface area (Å²) in [6, 6.07) is 14.8. The van der Waals surface area contributed by atoms with Crippen LogP contribution in [0.3, 0.4) is 0 Å². The smallest absolute Gasteiger partial charge is 0.249 e. The summed E-state index contributed by atoms with van der Waals surface area (Å²) >= 11 is 0. The van der Waals surface area contributed by atoms with Gasteiger partial charge in [-0.05, 0) is 31.0 Å². The Morgan fingerprint density at radius 3 is 2.64 bits per heavy atom. The number of nitrogens with one attached hydrogen (secondary N) is 1. The summed E-state index contributed by atoms with van der Waals surface area (Å²) in [5, 5.41) is 2.86. The van der Waals surface area contributed by atoms with Crippen LogP contribution in [0, 0.1) is 6.92 Å². The molecule has 2 amide bonds. The molecule has 3 rings (SSSR count). The lowest BCUT2D eigenvalue weighted by atomic mass is 10.1. The van der Waals surface area contributed by atoms with Crippen LogP contribution in [0.25, 0.3) is 0 Å². The minimum atomic E-state index is -0.483. The molecule has 0 aliphatic carbocycles. The maximum Gasteiger partial charge on any atom is 0.249 e. The molecule has 0 radical (unpaired) electrons. The van der Waals surface area contributed by atoms with Crippen LogP contribution in [0.4, 0.5) is 5.69 Å². The van der Waals surface area contributed by atoms with Gasteiger partial charge in [0.1, 0.15) is 11.8 Å². The first-order valence-electron chi connectivity index (χ1n) is 8.38. The third kappa shape index (κ3) is 3.82. The van der Waals surface area contributed by atoms with E-state index in [0.717, 1.165) is 16.8 Å². The Labute approximate surface area is 147 Å². The summed E-state index contributed by atoms with van der Waals surface area (Å²) in [6.45, 7) is 2.57. The summed E-state index contributed by atoms with van der Waals surface area (Å²) in [7, 11) is 1.58. The molecule has 1 unspecified atom stereocenters. The average Bonchev–Trinajstić information content (AvgIpc) is 2.97. The van der Waals surface area contributed by atoms with Gasteiger partial charge in [0.2, 0.25) is 11.8 Å². The number of hydrogen-bond acceptors (Lipinski definition) is 3. The van der Waals surface area contributed by atoms with E-state index in [1.54, 1.807) is 12.0 Å². The second-order valence-electron chi connectivity index (χ2n) is 6.23. The number of carbonyl (C=O) groups is 2. The highest BCUT2D eigenvalue weighted by Gasteiger charge is 2.34. The maximum absolute atomic E-state index is 12.7. The Morgan fingerprint density at radius 1 is 1.20 bits per heavy atom. The molecule has 1 N–H and O–H groups in total. The first kappa shape index (κ1) is 17.0. The second kappa shape index (κ2) is 7.38. The molecule has 1 heterocycles. The number of benzene rings is 2. The topological polar surface area (TPSA) is 58.6 Å². The van der Waals surface area contributed by atoms with E-state index in [0.29, 0.717) is 18.7 Å². The summed E-state index contributed by atoms with van der Waals surface area (Å²) < 4.78 is 5.33. The summed E-state index contributed by atoms with van der Waals surface area (Å²) in [6.07, 6.45) is 0.870. The first-order chi connectivity index (χ1) is 12.1. The molecule has 0 saturated carbocycles. The molecular weight excluding hydrogens is 316 g/mol. The fourth-order valence-electron chi connectivity index (χ4n) is 3.04. The lowest BCUT2D eigenvalue weighted by molar-refractivity contribution is -0.126. The molecule has 2 aromatic rings. The number of nitrogens with zero attached hydrogens (tertiary/aromatic N) is 1. The van der Waals surface area contributed by atoms with Crippen molar-refractivity contribution in [2.45, 2.75) is 25.8 Å². The van der Waals surface area contributed by atoms with Gasteiger partial charge in [0.05, 0.1) is 19.2 Å². The van der Waals surface area contributed by atoms with Crippen molar-refractivity contribution in [3.05, 3.63) is 59.7 Å². The van der Waals surface area contributed by atoms with Gasteiger partial charge in [-0.3, -0.25) is 9.59 Å². The Balaban J connectivity index is 1.64. The van der Waals surface area contributed by atoms with Gasteiger partial charge in [0, 0.05) is 6.54 Å². The van der Waals surface area contributed by atoms with Crippen molar-refractivity contribution in [2.75, 3.05) is 18.6 Å². The maximum atomic E-state index is 12.7. The highest BCUT2D eigenvalue weighted by molar-refractivity contribution is 6.02. The SMILES string of the molecule is COc1ccccc1N1CCC(NC(=O)Cc2ccc(C)cc2)C1=O. The van der Waals surface area contributed by atoms with Crippen molar-refractivity contribution in [1.29, 1.82) is 0 Å². The van der Waals surface area contributed by atoms with Gasteiger partial charge in [-0.2, -0.15) is 0 Å². The van der Waals surface area contributed by atoms with Gasteiger partial charge in [0.15, 0.2) is 0 Å². The fourth-order valence-corrected chi connectivity index (χ4v) is 3.04. The molecule has 1 atom stereocenters. The minimum Gasteiger partial charge on any atom is -0.495 e. The van der Waals surface area contributed by atoms with E-state index in [2.05, 4.69) is 5.32 Å². The molecule has 1 aliphatic heterocycles. The molecule has 0 aromatic heterocycles. The molecule has 25 heavy (non-hydrogen) atoms. The van der Waals surface area contributed by atoms with E-state index in [1.165, 1.54) is 0 Å². The third-order valence-electron chi connectivity index (χ3n) is 4.40. The molecule has 1 fully saturated rings. The van der Waals surface area contributed by atoms with E-state index < -0.39 is 6.04 Å². The largest absolute Gasteiger partial charge is 0.495 e. The van der Waals surface area contributed by atoms with Crippen LogP contribution in [-0.2, 0) is 16.0 Å². The van der Waals surface area contributed by atoms with Crippen molar-refractivity contribution in [2.24, 2.45) is 0 Å². The molecule has 1 saturated heterocycles. The minimum absolute atomic E-state index is 0.0956. The van der Waals surface area contributed by atoms with Crippen LogP contribution in [0.2, 0.25) is 0 Å². The fraction of sp³-hybridized carbons (Fsp3) is 0.300. The monoisotopic (exact) mass is 338 g/mol. The molecule has 0 bridgehead atoms. The zero-order chi connectivity index (χ0) is 17.8. The number of rotatable bonds is 5.